The number of likely N-dealkylation sites (tertiary alicyclic amines) is 1. The molecule has 0 amide bonds. The summed E-state index contributed by atoms with van der Waals surface area (Å²) in [4.78, 5) is 6.78. The fraction of sp³-hybridized carbons (Fsp3) is 0.611. The number of aliphatic imine (C=N–C) groups is 1. The van der Waals surface area contributed by atoms with Gasteiger partial charge in [-0.1, -0.05) is 18.5 Å². The molecule has 0 aromatic heterocycles. The van der Waals surface area contributed by atoms with Gasteiger partial charge in [-0.15, -0.1) is 24.0 Å². The highest BCUT2D eigenvalue weighted by Crippen LogP contribution is 2.38. The molecule has 1 saturated heterocycles. The standard InChI is InChI=1S/C18H26ClN3O2.HI/c1-13-4-3-7-22(12-13)18(20-2)21-6-5-14-10-15(19)17-16(11-14)23-8-9-24-17;/h10-11,13H,3-9,12H2,1-2H3,(H,20,21);1H. The molecule has 0 radical (unpaired) electrons. The first kappa shape index (κ1) is 20.4. The first-order chi connectivity index (χ1) is 11.7. The Morgan fingerprint density at radius 1 is 1.36 bits per heavy atom. The van der Waals surface area contributed by atoms with Crippen molar-refractivity contribution in [2.75, 3.05) is 39.9 Å². The van der Waals surface area contributed by atoms with Crippen LogP contribution in [-0.2, 0) is 6.42 Å². The van der Waals surface area contributed by atoms with Crippen molar-refractivity contribution in [3.8, 4) is 11.5 Å². The average Bonchev–Trinajstić information content (AvgIpc) is 2.59. The summed E-state index contributed by atoms with van der Waals surface area (Å²) in [5, 5.41) is 4.09. The smallest absolute Gasteiger partial charge is 0.193 e. The number of benzene rings is 1. The molecule has 140 valence electrons. The van der Waals surface area contributed by atoms with E-state index >= 15 is 0 Å². The molecular formula is C18H27ClIN3O2. The summed E-state index contributed by atoms with van der Waals surface area (Å²) >= 11 is 6.30. The molecule has 25 heavy (non-hydrogen) atoms. The molecule has 0 saturated carbocycles. The minimum absolute atomic E-state index is 0. The molecule has 0 spiro atoms. The summed E-state index contributed by atoms with van der Waals surface area (Å²) in [6.07, 6.45) is 3.40. The summed E-state index contributed by atoms with van der Waals surface area (Å²) < 4.78 is 11.2. The van der Waals surface area contributed by atoms with E-state index in [1.165, 1.54) is 12.8 Å². The Hall–Kier alpha value is -0.890. The van der Waals surface area contributed by atoms with Gasteiger partial charge in [0.05, 0.1) is 5.02 Å². The molecule has 2 aliphatic heterocycles. The molecule has 3 rings (SSSR count). The summed E-state index contributed by atoms with van der Waals surface area (Å²) in [6, 6.07) is 3.98. The normalized spacial score (nSPS) is 20.0. The van der Waals surface area contributed by atoms with E-state index in [0.717, 1.165) is 49.2 Å². The number of hydrogen-bond acceptors (Lipinski definition) is 3. The predicted molar refractivity (Wildman–Crippen MR) is 113 cm³/mol. The number of nitrogens with one attached hydrogen (secondary N) is 1. The highest BCUT2D eigenvalue weighted by molar-refractivity contribution is 14.0. The zero-order valence-electron chi connectivity index (χ0n) is 14.9. The monoisotopic (exact) mass is 479 g/mol. The molecule has 1 atom stereocenters. The van der Waals surface area contributed by atoms with Gasteiger partial charge in [0.1, 0.15) is 13.2 Å². The molecule has 2 aliphatic rings. The SMILES string of the molecule is CN=C(NCCc1cc(Cl)c2c(c1)OCCO2)N1CCCC(C)C1.I. The Balaban J connectivity index is 0.00000225. The lowest BCUT2D eigenvalue weighted by atomic mass is 10.0. The first-order valence-electron chi connectivity index (χ1n) is 8.71. The van der Waals surface area contributed by atoms with Gasteiger partial charge >= 0.3 is 0 Å². The fourth-order valence-corrected chi connectivity index (χ4v) is 3.63. The van der Waals surface area contributed by atoms with E-state index in [0.29, 0.717) is 24.0 Å². The van der Waals surface area contributed by atoms with Crippen molar-refractivity contribution in [1.82, 2.24) is 10.2 Å². The van der Waals surface area contributed by atoms with Crippen LogP contribution in [0.1, 0.15) is 25.3 Å². The summed E-state index contributed by atoms with van der Waals surface area (Å²) in [5.74, 6) is 3.13. The van der Waals surface area contributed by atoms with Crippen molar-refractivity contribution in [1.29, 1.82) is 0 Å². The number of ether oxygens (including phenoxy) is 2. The third kappa shape index (κ3) is 5.29. The average molecular weight is 480 g/mol. The van der Waals surface area contributed by atoms with Crippen LogP contribution in [0.4, 0.5) is 0 Å². The highest BCUT2D eigenvalue weighted by Gasteiger charge is 2.19. The van der Waals surface area contributed by atoms with Gasteiger partial charge in [-0.2, -0.15) is 0 Å². The second-order valence-corrected chi connectivity index (χ2v) is 6.93. The molecule has 1 fully saturated rings. The zero-order chi connectivity index (χ0) is 16.9. The number of hydrogen-bond donors (Lipinski definition) is 1. The van der Waals surface area contributed by atoms with Gasteiger partial charge in [-0.05, 0) is 42.9 Å². The van der Waals surface area contributed by atoms with Crippen LogP contribution in [0.2, 0.25) is 5.02 Å². The van der Waals surface area contributed by atoms with E-state index in [2.05, 4.69) is 22.1 Å². The molecule has 5 nitrogen and oxygen atoms in total. The number of halogens is 2. The van der Waals surface area contributed by atoms with Gasteiger partial charge in [0.15, 0.2) is 17.5 Å². The Morgan fingerprint density at radius 3 is 2.92 bits per heavy atom. The molecule has 1 unspecified atom stereocenters. The van der Waals surface area contributed by atoms with Crippen molar-refractivity contribution in [3.05, 3.63) is 22.7 Å². The third-order valence-electron chi connectivity index (χ3n) is 4.52. The van der Waals surface area contributed by atoms with Gasteiger partial charge in [-0.25, -0.2) is 0 Å². The maximum Gasteiger partial charge on any atom is 0.193 e. The van der Waals surface area contributed by atoms with Crippen LogP contribution in [0.15, 0.2) is 17.1 Å². The quantitative estimate of drug-likeness (QED) is 0.409. The maximum atomic E-state index is 6.30. The lowest BCUT2D eigenvalue weighted by Crippen LogP contribution is -2.46. The number of fused-ring (bicyclic) bond motifs is 1. The molecule has 2 heterocycles. The van der Waals surface area contributed by atoms with Crippen LogP contribution >= 0.6 is 35.6 Å². The predicted octanol–water partition coefficient (Wildman–Crippen LogP) is 3.58. The number of nitrogens with zero attached hydrogens (tertiary/aromatic N) is 2. The minimum Gasteiger partial charge on any atom is -0.486 e. The first-order valence-corrected chi connectivity index (χ1v) is 9.09. The maximum absolute atomic E-state index is 6.30. The van der Waals surface area contributed by atoms with E-state index in [1.807, 2.05) is 19.2 Å². The second kappa shape index (κ2) is 9.71. The molecule has 0 aliphatic carbocycles. The van der Waals surface area contributed by atoms with Gasteiger partial charge in [0, 0.05) is 26.7 Å². The summed E-state index contributed by atoms with van der Waals surface area (Å²) in [5.41, 5.74) is 1.14. The van der Waals surface area contributed by atoms with E-state index in [1.54, 1.807) is 0 Å². The van der Waals surface area contributed by atoms with Crippen LogP contribution < -0.4 is 14.8 Å². The van der Waals surface area contributed by atoms with Crippen LogP contribution in [0.5, 0.6) is 11.5 Å². The number of guanidine groups is 1. The Bertz CT molecular complexity index is 612. The Labute approximate surface area is 172 Å². The van der Waals surface area contributed by atoms with Crippen LogP contribution in [0, 0.1) is 5.92 Å². The van der Waals surface area contributed by atoms with Crippen LogP contribution in [0.3, 0.4) is 0 Å². The lowest BCUT2D eigenvalue weighted by molar-refractivity contribution is 0.171. The largest absolute Gasteiger partial charge is 0.486 e. The highest BCUT2D eigenvalue weighted by atomic mass is 127. The van der Waals surface area contributed by atoms with Crippen molar-refractivity contribution >= 4 is 41.5 Å². The Kier molecular flexibility index (Phi) is 7.93. The summed E-state index contributed by atoms with van der Waals surface area (Å²) in [6.45, 7) is 6.41. The molecular weight excluding hydrogens is 453 g/mol. The molecule has 1 aromatic rings. The van der Waals surface area contributed by atoms with E-state index in [-0.39, 0.29) is 24.0 Å². The second-order valence-electron chi connectivity index (χ2n) is 6.52. The fourth-order valence-electron chi connectivity index (χ4n) is 3.34. The van der Waals surface area contributed by atoms with Crippen molar-refractivity contribution in [2.24, 2.45) is 10.9 Å². The number of piperidine rings is 1. The molecule has 0 bridgehead atoms. The topological polar surface area (TPSA) is 46.1 Å². The minimum atomic E-state index is 0. The van der Waals surface area contributed by atoms with Gasteiger partial charge in [-0.3, -0.25) is 4.99 Å². The van der Waals surface area contributed by atoms with Gasteiger partial charge in [0.25, 0.3) is 0 Å². The van der Waals surface area contributed by atoms with Crippen molar-refractivity contribution in [2.45, 2.75) is 26.2 Å². The zero-order valence-corrected chi connectivity index (χ0v) is 18.0. The van der Waals surface area contributed by atoms with E-state index in [9.17, 15) is 0 Å². The van der Waals surface area contributed by atoms with E-state index < -0.39 is 0 Å². The Morgan fingerprint density at radius 2 is 2.16 bits per heavy atom. The van der Waals surface area contributed by atoms with Crippen LogP contribution in [-0.4, -0.2) is 50.8 Å². The molecule has 1 aromatic carbocycles. The van der Waals surface area contributed by atoms with Crippen LogP contribution in [0.25, 0.3) is 0 Å². The summed E-state index contributed by atoms with van der Waals surface area (Å²) in [7, 11) is 1.85. The molecule has 1 N–H and O–H groups in total. The lowest BCUT2D eigenvalue weighted by Gasteiger charge is -2.33. The van der Waals surface area contributed by atoms with Gasteiger partial charge < -0.3 is 19.7 Å². The third-order valence-corrected chi connectivity index (χ3v) is 4.80. The van der Waals surface area contributed by atoms with E-state index in [4.69, 9.17) is 21.1 Å². The van der Waals surface area contributed by atoms with Gasteiger partial charge in [0.2, 0.25) is 0 Å². The van der Waals surface area contributed by atoms with Crippen molar-refractivity contribution < 1.29 is 9.47 Å². The van der Waals surface area contributed by atoms with Crippen molar-refractivity contribution in [3.63, 3.8) is 0 Å². The number of rotatable bonds is 3. The molecule has 7 heteroatoms.